The number of benzene rings is 1. The van der Waals surface area contributed by atoms with E-state index in [4.69, 9.17) is 9.72 Å². The molecule has 14 heteroatoms. The number of alkyl halides is 3. The van der Waals surface area contributed by atoms with Crippen molar-refractivity contribution in [3.05, 3.63) is 60.3 Å². The fraction of sp³-hybridized carbons (Fsp3) is 0.516. The highest BCUT2D eigenvalue weighted by Crippen LogP contribution is 2.53. The van der Waals surface area contributed by atoms with E-state index in [1.54, 1.807) is 18.2 Å². The molecule has 3 aromatic rings. The Morgan fingerprint density at radius 2 is 1.82 bits per heavy atom. The Balaban J connectivity index is 1.49. The number of halogens is 3. The van der Waals surface area contributed by atoms with Crippen molar-refractivity contribution in [3.8, 4) is 11.7 Å². The third kappa shape index (κ3) is 6.53. The molecule has 0 spiro atoms. The Morgan fingerprint density at radius 3 is 2.42 bits per heavy atom. The number of aromatic nitrogens is 3. The minimum atomic E-state index is -4.36. The molecular formula is C31H38F3N5O4S2. The summed E-state index contributed by atoms with van der Waals surface area (Å²) in [6, 6.07) is 12.1. The Labute approximate surface area is 267 Å². The van der Waals surface area contributed by atoms with E-state index in [-0.39, 0.29) is 46.2 Å². The zero-order valence-corrected chi connectivity index (χ0v) is 27.2. The molecule has 1 aliphatic heterocycles. The first kappa shape index (κ1) is 33.1. The lowest BCUT2D eigenvalue weighted by molar-refractivity contribution is -0.259. The Kier molecular flexibility index (Phi) is 8.95. The van der Waals surface area contributed by atoms with Crippen molar-refractivity contribution in [2.24, 2.45) is 10.8 Å². The molecule has 5 rings (SSSR count). The summed E-state index contributed by atoms with van der Waals surface area (Å²) in [4.78, 5) is 20.4. The van der Waals surface area contributed by atoms with Crippen molar-refractivity contribution < 1.29 is 31.1 Å². The molecule has 2 aliphatic rings. The number of nitrogens with one attached hydrogen (secondary N) is 1. The molecule has 1 N–H and O–H groups in total. The summed E-state index contributed by atoms with van der Waals surface area (Å²) in [5, 5.41) is 4.31. The fourth-order valence-electron chi connectivity index (χ4n) is 6.48. The molecule has 2 aromatic heterocycles. The van der Waals surface area contributed by atoms with E-state index in [1.165, 1.54) is 41.2 Å². The number of thiol groups is 1. The highest BCUT2D eigenvalue weighted by molar-refractivity contribution is 7.90. The molecule has 0 bridgehead atoms. The average Bonchev–Trinajstić information content (AvgIpc) is 3.54. The van der Waals surface area contributed by atoms with E-state index in [0.29, 0.717) is 18.7 Å². The molecule has 1 aromatic carbocycles. The van der Waals surface area contributed by atoms with Gasteiger partial charge in [0.05, 0.1) is 10.5 Å². The summed E-state index contributed by atoms with van der Waals surface area (Å²) in [5.41, 5.74) is -2.44. The van der Waals surface area contributed by atoms with E-state index >= 15 is 0 Å². The summed E-state index contributed by atoms with van der Waals surface area (Å²) in [5.74, 6) is 0.338. The number of ether oxygens (including phenoxy) is 1. The molecule has 1 aliphatic carbocycles. The molecule has 9 nitrogen and oxygen atoms in total. The van der Waals surface area contributed by atoms with Crippen LogP contribution in [0.2, 0.25) is 0 Å². The van der Waals surface area contributed by atoms with Gasteiger partial charge in [0.25, 0.3) is 15.9 Å². The van der Waals surface area contributed by atoms with Gasteiger partial charge < -0.3 is 9.64 Å². The number of hydrogen-bond donors (Lipinski definition) is 2. The average molecular weight is 666 g/mol. The second kappa shape index (κ2) is 12.2. The number of carbonyl (C=O) groups is 1. The molecule has 3 heterocycles. The molecule has 1 amide bonds. The van der Waals surface area contributed by atoms with Crippen molar-refractivity contribution in [2.45, 2.75) is 75.9 Å². The summed E-state index contributed by atoms with van der Waals surface area (Å²) < 4.78 is 76.0. The molecule has 1 saturated carbocycles. The largest absolute Gasteiger partial charge is 0.476 e. The van der Waals surface area contributed by atoms with Crippen LogP contribution < -0.4 is 14.4 Å². The minimum absolute atomic E-state index is 0.0168. The van der Waals surface area contributed by atoms with Crippen LogP contribution in [0.4, 0.5) is 19.0 Å². The first-order chi connectivity index (χ1) is 21.1. The van der Waals surface area contributed by atoms with Gasteiger partial charge in [0.1, 0.15) is 17.8 Å². The van der Waals surface area contributed by atoms with Crippen LogP contribution >= 0.6 is 12.6 Å². The summed E-state index contributed by atoms with van der Waals surface area (Å²) in [7, 11) is -4.17. The van der Waals surface area contributed by atoms with Gasteiger partial charge in [-0.25, -0.2) is 22.8 Å². The lowest BCUT2D eigenvalue weighted by Crippen LogP contribution is -2.48. The van der Waals surface area contributed by atoms with Gasteiger partial charge in [-0.15, -0.1) is 5.10 Å². The molecule has 1 atom stereocenters. The van der Waals surface area contributed by atoms with Crippen molar-refractivity contribution in [1.82, 2.24) is 19.5 Å². The predicted molar refractivity (Wildman–Crippen MR) is 168 cm³/mol. The summed E-state index contributed by atoms with van der Waals surface area (Å²) in [6.07, 6.45) is 0.296. The van der Waals surface area contributed by atoms with Gasteiger partial charge in [-0.3, -0.25) is 4.79 Å². The van der Waals surface area contributed by atoms with Gasteiger partial charge in [0.2, 0.25) is 5.88 Å². The van der Waals surface area contributed by atoms with Crippen LogP contribution in [0.3, 0.4) is 0 Å². The Bertz CT molecular complexity index is 1640. The number of hydrogen-bond acceptors (Lipinski definition) is 8. The van der Waals surface area contributed by atoms with Crippen LogP contribution in [-0.2, 0) is 10.0 Å². The smallest absolute Gasteiger partial charge is 0.397 e. The van der Waals surface area contributed by atoms with Crippen LogP contribution in [-0.4, -0.2) is 59.7 Å². The molecule has 45 heavy (non-hydrogen) atoms. The van der Waals surface area contributed by atoms with Crippen LogP contribution in [0, 0.1) is 10.8 Å². The minimum Gasteiger partial charge on any atom is -0.476 e. The lowest BCUT2D eigenvalue weighted by Gasteiger charge is -2.42. The van der Waals surface area contributed by atoms with E-state index in [9.17, 15) is 26.4 Å². The van der Waals surface area contributed by atoms with E-state index in [1.807, 2.05) is 18.7 Å². The topological polar surface area (TPSA) is 106 Å². The van der Waals surface area contributed by atoms with Crippen LogP contribution in [0.1, 0.15) is 69.7 Å². The van der Waals surface area contributed by atoms with Gasteiger partial charge in [-0.05, 0) is 75.0 Å². The quantitative estimate of drug-likeness (QED) is 0.235. The standard InChI is InChI=1S/C31H38F3N5O4S2/c1-4-14-29(21-44)18-28(2,3)38(19-29)26-23(27(40)37-45(41,42)22-9-6-5-7-10-22)11-12-24(35-26)39-17-13-25(36-39)43-20-30(15-8-16-30)31(32,33)34/h5-7,9-13,17,44H,4,8,14-16,18-21H2,1-3H3,(H,37,40)/t29-/m0/s1. The number of anilines is 1. The van der Waals surface area contributed by atoms with Crippen LogP contribution in [0.5, 0.6) is 5.88 Å². The highest BCUT2D eigenvalue weighted by Gasteiger charge is 2.59. The van der Waals surface area contributed by atoms with Gasteiger partial charge in [0, 0.05) is 24.3 Å². The van der Waals surface area contributed by atoms with Gasteiger partial charge in [-0.2, -0.15) is 25.8 Å². The van der Waals surface area contributed by atoms with Crippen molar-refractivity contribution in [3.63, 3.8) is 0 Å². The third-order valence-corrected chi connectivity index (χ3v) is 11.0. The normalized spacial score (nSPS) is 20.9. The van der Waals surface area contributed by atoms with Gasteiger partial charge in [-0.1, -0.05) is 38.0 Å². The number of amides is 1. The van der Waals surface area contributed by atoms with Crippen LogP contribution in [0.25, 0.3) is 5.82 Å². The molecule has 2 fully saturated rings. The maximum absolute atomic E-state index is 13.6. The fourth-order valence-corrected chi connectivity index (χ4v) is 7.84. The SMILES string of the molecule is CCC[C@@]1(CS)CN(c2nc(-n3ccc(OCC4(C(F)(F)F)CCC4)n3)ccc2C(=O)NS(=O)(=O)c2ccccc2)C(C)(C)C1. The molecular weight excluding hydrogens is 627 g/mol. The van der Waals surface area contributed by atoms with E-state index in [2.05, 4.69) is 29.4 Å². The Hall–Kier alpha value is -3.26. The summed E-state index contributed by atoms with van der Waals surface area (Å²) in [6.45, 7) is 6.20. The summed E-state index contributed by atoms with van der Waals surface area (Å²) >= 11 is 4.67. The number of nitrogens with zero attached hydrogens (tertiary/aromatic N) is 4. The second-order valence-electron chi connectivity index (χ2n) is 12.8. The molecule has 0 unspecified atom stereocenters. The van der Waals surface area contributed by atoms with Gasteiger partial charge in [0.15, 0.2) is 5.82 Å². The van der Waals surface area contributed by atoms with Gasteiger partial charge >= 0.3 is 6.18 Å². The highest BCUT2D eigenvalue weighted by atomic mass is 32.2. The third-order valence-electron chi connectivity index (χ3n) is 9.00. The molecule has 0 radical (unpaired) electrons. The zero-order valence-electron chi connectivity index (χ0n) is 25.5. The molecule has 1 saturated heterocycles. The van der Waals surface area contributed by atoms with E-state index in [0.717, 1.165) is 19.3 Å². The van der Waals surface area contributed by atoms with E-state index < -0.39 is 39.7 Å². The Morgan fingerprint density at radius 1 is 1.11 bits per heavy atom. The number of sulfonamides is 1. The van der Waals surface area contributed by atoms with Crippen molar-refractivity contribution in [2.75, 3.05) is 23.8 Å². The van der Waals surface area contributed by atoms with Crippen molar-refractivity contribution in [1.29, 1.82) is 0 Å². The maximum Gasteiger partial charge on any atom is 0.397 e. The monoisotopic (exact) mass is 665 g/mol. The number of pyridine rings is 1. The maximum atomic E-state index is 13.6. The first-order valence-electron chi connectivity index (χ1n) is 14.9. The number of rotatable bonds is 11. The predicted octanol–water partition coefficient (Wildman–Crippen LogP) is 6.20. The zero-order chi connectivity index (χ0) is 32.7. The number of carbonyl (C=O) groups excluding carboxylic acids is 1. The first-order valence-corrected chi connectivity index (χ1v) is 17.0. The van der Waals surface area contributed by atoms with Crippen LogP contribution in [0.15, 0.2) is 59.6 Å². The van der Waals surface area contributed by atoms with Crippen molar-refractivity contribution >= 4 is 34.4 Å². The second-order valence-corrected chi connectivity index (χ2v) is 14.8. The lowest BCUT2D eigenvalue weighted by atomic mass is 9.69. The molecule has 244 valence electrons.